The maximum absolute atomic E-state index is 11.5. The predicted molar refractivity (Wildman–Crippen MR) is 96.4 cm³/mol. The Hall–Kier alpha value is -2.71. The first-order valence-electron chi connectivity index (χ1n) is 7.65. The van der Waals surface area contributed by atoms with Gasteiger partial charge < -0.3 is 10.1 Å². The molecule has 0 aliphatic heterocycles. The number of para-hydroxylation sites is 1. The number of nitrogens with one attached hydrogen (secondary N) is 1. The van der Waals surface area contributed by atoms with Crippen LogP contribution in [0.5, 0.6) is 5.75 Å². The maximum atomic E-state index is 11.5. The molecule has 0 atom stereocenters. The number of nitrogens with two attached hydrogens (primary N) is 1. The molecule has 7 nitrogen and oxygen atoms in total. The molecule has 1 aromatic heterocycles. The molecule has 8 heteroatoms. The summed E-state index contributed by atoms with van der Waals surface area (Å²) in [5, 5.41) is 9.00. The lowest BCUT2D eigenvalue weighted by atomic mass is 10.2. The second-order valence-corrected chi connectivity index (χ2v) is 7.31. The predicted octanol–water partition coefficient (Wildman–Crippen LogP) is 2.81. The van der Waals surface area contributed by atoms with Gasteiger partial charge >= 0.3 is 0 Å². The topological polar surface area (TPSA) is 107 Å². The van der Waals surface area contributed by atoms with E-state index in [1.807, 2.05) is 32.0 Å². The number of rotatable bonds is 5. The van der Waals surface area contributed by atoms with Crippen molar-refractivity contribution in [3.8, 4) is 5.75 Å². The number of hydrogen-bond donors (Lipinski definition) is 2. The Labute approximate surface area is 145 Å². The van der Waals surface area contributed by atoms with Crippen molar-refractivity contribution >= 4 is 32.6 Å². The van der Waals surface area contributed by atoms with E-state index in [9.17, 15) is 8.42 Å². The van der Waals surface area contributed by atoms with Gasteiger partial charge in [-0.3, -0.25) is 0 Å². The molecule has 130 valence electrons. The van der Waals surface area contributed by atoms with Gasteiger partial charge in [-0.15, -0.1) is 0 Å². The first kappa shape index (κ1) is 17.1. The summed E-state index contributed by atoms with van der Waals surface area (Å²) in [6.07, 6.45) is 1.70. The molecular weight excluding hydrogens is 340 g/mol. The van der Waals surface area contributed by atoms with Gasteiger partial charge in [-0.1, -0.05) is 18.2 Å². The molecule has 0 aliphatic carbocycles. The van der Waals surface area contributed by atoms with Gasteiger partial charge in [0.1, 0.15) is 11.3 Å². The summed E-state index contributed by atoms with van der Waals surface area (Å²) in [7, 11) is -3.77. The third-order valence-electron chi connectivity index (χ3n) is 3.36. The van der Waals surface area contributed by atoms with Crippen molar-refractivity contribution in [3.05, 3.63) is 48.7 Å². The second-order valence-electron chi connectivity index (χ2n) is 5.75. The highest BCUT2D eigenvalue weighted by molar-refractivity contribution is 7.89. The van der Waals surface area contributed by atoms with Crippen LogP contribution in [-0.2, 0) is 10.0 Å². The quantitative estimate of drug-likeness (QED) is 0.726. The highest BCUT2D eigenvalue weighted by atomic mass is 32.2. The number of aromatic nitrogens is 2. The molecule has 0 bridgehead atoms. The van der Waals surface area contributed by atoms with Gasteiger partial charge in [0.05, 0.1) is 11.0 Å². The van der Waals surface area contributed by atoms with Crippen molar-refractivity contribution in [1.29, 1.82) is 0 Å². The van der Waals surface area contributed by atoms with Crippen LogP contribution in [0.4, 0.5) is 11.6 Å². The molecule has 0 spiro atoms. The summed E-state index contributed by atoms with van der Waals surface area (Å²) in [6, 6.07) is 11.8. The van der Waals surface area contributed by atoms with Crippen LogP contribution in [0.3, 0.4) is 0 Å². The SMILES string of the molecule is CC(C)Oc1cccc2cnc(Nc3cccc(S(N)(=O)=O)c3)nc12. The minimum atomic E-state index is -3.77. The molecular formula is C17H18N4O3S. The fraction of sp³-hybridized carbons (Fsp3) is 0.176. The molecule has 0 saturated carbocycles. The van der Waals surface area contributed by atoms with E-state index in [-0.39, 0.29) is 11.0 Å². The fourth-order valence-corrected chi connectivity index (χ4v) is 2.88. The Kier molecular flexibility index (Phi) is 4.56. The molecule has 25 heavy (non-hydrogen) atoms. The molecule has 1 heterocycles. The molecule has 2 aromatic carbocycles. The van der Waals surface area contributed by atoms with Crippen molar-refractivity contribution in [2.45, 2.75) is 24.8 Å². The van der Waals surface area contributed by atoms with Gasteiger partial charge in [0.25, 0.3) is 0 Å². The monoisotopic (exact) mass is 358 g/mol. The largest absolute Gasteiger partial charge is 0.489 e. The van der Waals surface area contributed by atoms with Crippen molar-refractivity contribution < 1.29 is 13.2 Å². The van der Waals surface area contributed by atoms with Gasteiger partial charge in [0, 0.05) is 17.3 Å². The fourth-order valence-electron chi connectivity index (χ4n) is 2.32. The van der Waals surface area contributed by atoms with Gasteiger partial charge in [-0.25, -0.2) is 23.5 Å². The van der Waals surface area contributed by atoms with Gasteiger partial charge in [0.2, 0.25) is 16.0 Å². The number of anilines is 2. The average Bonchev–Trinajstić information content (AvgIpc) is 2.54. The molecule has 0 unspecified atom stereocenters. The third kappa shape index (κ3) is 4.04. The molecule has 0 amide bonds. The number of ether oxygens (including phenoxy) is 1. The normalized spacial score (nSPS) is 11.7. The van der Waals surface area contributed by atoms with Crippen LogP contribution >= 0.6 is 0 Å². The summed E-state index contributed by atoms with van der Waals surface area (Å²) < 4.78 is 28.7. The molecule has 0 aliphatic rings. The van der Waals surface area contributed by atoms with Crippen molar-refractivity contribution in [3.63, 3.8) is 0 Å². The summed E-state index contributed by atoms with van der Waals surface area (Å²) in [5.41, 5.74) is 1.20. The number of sulfonamides is 1. The van der Waals surface area contributed by atoms with E-state index in [4.69, 9.17) is 9.88 Å². The first-order valence-corrected chi connectivity index (χ1v) is 9.20. The lowest BCUT2D eigenvalue weighted by Crippen LogP contribution is -2.12. The van der Waals surface area contributed by atoms with Crippen LogP contribution in [-0.4, -0.2) is 24.5 Å². The summed E-state index contributed by atoms with van der Waals surface area (Å²) in [6.45, 7) is 3.88. The number of primary sulfonamides is 1. The first-order chi connectivity index (χ1) is 11.8. The second kappa shape index (κ2) is 6.66. The van der Waals surface area contributed by atoms with Crippen LogP contribution in [0.2, 0.25) is 0 Å². The van der Waals surface area contributed by atoms with Crippen LogP contribution in [0.15, 0.2) is 53.6 Å². The van der Waals surface area contributed by atoms with E-state index in [2.05, 4.69) is 15.3 Å². The van der Waals surface area contributed by atoms with Crippen molar-refractivity contribution in [2.75, 3.05) is 5.32 Å². The summed E-state index contributed by atoms with van der Waals surface area (Å²) >= 11 is 0. The van der Waals surface area contributed by atoms with Gasteiger partial charge in [-0.05, 0) is 38.1 Å². The van der Waals surface area contributed by atoms with E-state index in [1.165, 1.54) is 12.1 Å². The average molecular weight is 358 g/mol. The van der Waals surface area contributed by atoms with E-state index >= 15 is 0 Å². The molecule has 0 saturated heterocycles. The zero-order chi connectivity index (χ0) is 18.0. The van der Waals surface area contributed by atoms with Crippen molar-refractivity contribution in [2.24, 2.45) is 5.14 Å². The number of hydrogen-bond acceptors (Lipinski definition) is 6. The van der Waals surface area contributed by atoms with Crippen molar-refractivity contribution in [1.82, 2.24) is 9.97 Å². The Morgan fingerprint density at radius 1 is 1.16 bits per heavy atom. The maximum Gasteiger partial charge on any atom is 0.238 e. The van der Waals surface area contributed by atoms with Crippen LogP contribution in [0, 0.1) is 0 Å². The Balaban J connectivity index is 1.97. The van der Waals surface area contributed by atoms with E-state index in [0.717, 1.165) is 5.39 Å². The Morgan fingerprint density at radius 3 is 2.64 bits per heavy atom. The van der Waals surface area contributed by atoms with Gasteiger partial charge in [-0.2, -0.15) is 0 Å². The summed E-state index contributed by atoms with van der Waals surface area (Å²) in [5.74, 6) is 0.995. The van der Waals surface area contributed by atoms with Crippen LogP contribution in [0.1, 0.15) is 13.8 Å². The van der Waals surface area contributed by atoms with E-state index in [0.29, 0.717) is 22.9 Å². The number of benzene rings is 2. The molecule has 3 aromatic rings. The standard InChI is InChI=1S/C17H18N4O3S/c1-11(2)24-15-8-3-5-12-10-19-17(21-16(12)15)20-13-6-4-7-14(9-13)25(18,22)23/h3-11H,1-2H3,(H2,18,22,23)(H,19,20,21). The minimum Gasteiger partial charge on any atom is -0.489 e. The van der Waals surface area contributed by atoms with E-state index in [1.54, 1.807) is 18.3 Å². The molecule has 0 radical (unpaired) electrons. The van der Waals surface area contributed by atoms with Gasteiger partial charge in [0.15, 0.2) is 0 Å². The lowest BCUT2D eigenvalue weighted by molar-refractivity contribution is 0.245. The highest BCUT2D eigenvalue weighted by Crippen LogP contribution is 2.26. The lowest BCUT2D eigenvalue weighted by Gasteiger charge is -2.12. The molecule has 3 N–H and O–H groups in total. The number of nitrogens with zero attached hydrogens (tertiary/aromatic N) is 2. The zero-order valence-electron chi connectivity index (χ0n) is 13.8. The third-order valence-corrected chi connectivity index (χ3v) is 4.27. The molecule has 0 fully saturated rings. The smallest absolute Gasteiger partial charge is 0.238 e. The highest BCUT2D eigenvalue weighted by Gasteiger charge is 2.10. The summed E-state index contributed by atoms with van der Waals surface area (Å²) in [4.78, 5) is 8.76. The van der Waals surface area contributed by atoms with Crippen LogP contribution in [0.25, 0.3) is 10.9 Å². The van der Waals surface area contributed by atoms with E-state index < -0.39 is 10.0 Å². The van der Waals surface area contributed by atoms with Crippen LogP contribution < -0.4 is 15.2 Å². The zero-order valence-corrected chi connectivity index (χ0v) is 14.6. The number of fused-ring (bicyclic) bond motifs is 1. The molecule has 3 rings (SSSR count). The minimum absolute atomic E-state index is 0.0159. The Morgan fingerprint density at radius 2 is 1.92 bits per heavy atom. The Bertz CT molecular complexity index is 1020.